The van der Waals surface area contributed by atoms with Gasteiger partial charge in [0.15, 0.2) is 16.9 Å². The van der Waals surface area contributed by atoms with Gasteiger partial charge < -0.3 is 27.1 Å². The minimum atomic E-state index is -1.03. The molecule has 0 bridgehead atoms. The Morgan fingerprint density at radius 3 is 2.07 bits per heavy atom. The van der Waals surface area contributed by atoms with Gasteiger partial charge in [-0.25, -0.2) is 0 Å². The second kappa shape index (κ2) is 2.07. The van der Waals surface area contributed by atoms with Crippen LogP contribution in [0.25, 0.3) is 11.0 Å². The molecule has 9 heteroatoms. The molecule has 0 aromatic carbocycles. The molecular formula is C5H7N5O4. The predicted octanol–water partition coefficient (Wildman–Crippen LogP) is -1.52. The normalized spacial score (nSPS) is 11.1. The zero-order chi connectivity index (χ0) is 10.6. The molecule has 0 saturated carbocycles. The van der Waals surface area contributed by atoms with E-state index in [4.69, 9.17) is 21.9 Å². The van der Waals surface area contributed by atoms with Gasteiger partial charge in [-0.2, -0.15) is 4.73 Å². The van der Waals surface area contributed by atoms with Crippen molar-refractivity contribution in [3.05, 3.63) is 10.4 Å². The van der Waals surface area contributed by atoms with Gasteiger partial charge in [-0.05, 0) is 4.85 Å². The maximum absolute atomic E-state index is 11.2. The zero-order valence-corrected chi connectivity index (χ0v) is 6.75. The standard InChI is InChI=1S/C5H7N5O4/c6-1-2-3(8(12)4(1)7)5(11)10(14)9(2)13/h12-14H,6-7H2. The van der Waals surface area contributed by atoms with Crippen molar-refractivity contribution in [2.75, 3.05) is 11.5 Å². The van der Waals surface area contributed by atoms with Gasteiger partial charge in [-0.15, -0.1) is 0 Å². The van der Waals surface area contributed by atoms with Crippen molar-refractivity contribution < 1.29 is 15.6 Å². The summed E-state index contributed by atoms with van der Waals surface area (Å²) in [5.74, 6) is -0.282. The molecule has 2 aromatic heterocycles. The Balaban J connectivity index is 3.17. The van der Waals surface area contributed by atoms with E-state index in [1.54, 1.807) is 0 Å². The largest absolute Gasteiger partial charge is 0.426 e. The third kappa shape index (κ3) is 0.620. The van der Waals surface area contributed by atoms with E-state index in [1.807, 2.05) is 0 Å². The molecule has 0 saturated heterocycles. The summed E-state index contributed by atoms with van der Waals surface area (Å²) >= 11 is 0. The number of nitrogen functional groups attached to an aromatic ring is 2. The lowest BCUT2D eigenvalue weighted by Gasteiger charge is -1.97. The Bertz CT molecular complexity index is 575. The second-order valence-corrected chi connectivity index (χ2v) is 2.69. The molecule has 0 unspecified atom stereocenters. The number of aromatic nitrogens is 3. The molecule has 14 heavy (non-hydrogen) atoms. The van der Waals surface area contributed by atoms with Crippen molar-refractivity contribution in [1.29, 1.82) is 0 Å². The first kappa shape index (κ1) is 8.16. The van der Waals surface area contributed by atoms with Crippen molar-refractivity contribution in [3.63, 3.8) is 0 Å². The maximum Gasteiger partial charge on any atom is 0.333 e. The number of anilines is 2. The lowest BCUT2D eigenvalue weighted by molar-refractivity contribution is -0.00827. The van der Waals surface area contributed by atoms with E-state index < -0.39 is 11.1 Å². The van der Waals surface area contributed by atoms with Gasteiger partial charge in [-0.3, -0.25) is 4.79 Å². The van der Waals surface area contributed by atoms with Crippen molar-refractivity contribution >= 4 is 22.5 Å². The summed E-state index contributed by atoms with van der Waals surface area (Å²) in [4.78, 5) is 11.2. The molecule has 0 aliphatic carbocycles. The Morgan fingerprint density at radius 2 is 1.57 bits per heavy atom. The van der Waals surface area contributed by atoms with Crippen LogP contribution in [-0.4, -0.2) is 30.0 Å². The minimum Gasteiger partial charge on any atom is -0.426 e. The van der Waals surface area contributed by atoms with Crippen LogP contribution < -0.4 is 17.0 Å². The topological polar surface area (TPSA) is 145 Å². The summed E-state index contributed by atoms with van der Waals surface area (Å²) in [6.07, 6.45) is 0. The molecule has 2 aromatic rings. The summed E-state index contributed by atoms with van der Waals surface area (Å²) in [5.41, 5.74) is 8.77. The van der Waals surface area contributed by atoms with Crippen molar-refractivity contribution in [1.82, 2.24) is 14.4 Å². The summed E-state index contributed by atoms with van der Waals surface area (Å²) in [5, 5.41) is 27.4. The molecule has 7 N–H and O–H groups in total. The lowest BCUT2D eigenvalue weighted by atomic mass is 10.4. The fraction of sp³-hybridized carbons (Fsp3) is 0. The third-order valence-corrected chi connectivity index (χ3v) is 1.96. The van der Waals surface area contributed by atoms with Crippen LogP contribution >= 0.6 is 0 Å². The van der Waals surface area contributed by atoms with Crippen molar-refractivity contribution in [3.8, 4) is 0 Å². The van der Waals surface area contributed by atoms with Crippen LogP contribution in [0.3, 0.4) is 0 Å². The van der Waals surface area contributed by atoms with Gasteiger partial charge in [0.05, 0.1) is 0 Å². The summed E-state index contributed by atoms with van der Waals surface area (Å²) < 4.78 is 0.298. The highest BCUT2D eigenvalue weighted by molar-refractivity contribution is 5.95. The highest BCUT2D eigenvalue weighted by atomic mass is 16.6. The van der Waals surface area contributed by atoms with E-state index in [2.05, 4.69) is 0 Å². The summed E-state index contributed by atoms with van der Waals surface area (Å²) in [6, 6.07) is 0. The van der Waals surface area contributed by atoms with Crippen LogP contribution in [0.4, 0.5) is 11.5 Å². The first-order valence-electron chi connectivity index (χ1n) is 3.48. The van der Waals surface area contributed by atoms with E-state index in [1.165, 1.54) is 0 Å². The predicted molar refractivity (Wildman–Crippen MR) is 44.6 cm³/mol. The molecule has 0 fully saturated rings. The highest BCUT2D eigenvalue weighted by Gasteiger charge is 2.23. The minimum absolute atomic E-state index is 0.0933. The molecule has 9 nitrogen and oxygen atoms in total. The number of rotatable bonds is 0. The average molecular weight is 201 g/mol. The number of hydrogen-bond donors (Lipinski definition) is 5. The molecular weight excluding hydrogens is 194 g/mol. The zero-order valence-electron chi connectivity index (χ0n) is 6.75. The number of nitrogens with zero attached hydrogens (tertiary/aromatic N) is 3. The van der Waals surface area contributed by atoms with Crippen molar-refractivity contribution in [2.24, 2.45) is 0 Å². The van der Waals surface area contributed by atoms with Gasteiger partial charge in [0, 0.05) is 0 Å². The molecule has 0 aliphatic rings. The van der Waals surface area contributed by atoms with Gasteiger partial charge in [0.25, 0.3) is 0 Å². The molecule has 2 rings (SSSR count). The SMILES string of the molecule is Nc1c(N)n(O)c2c(=O)n(O)n(O)c12. The quantitative estimate of drug-likeness (QED) is 0.327. The van der Waals surface area contributed by atoms with Gasteiger partial charge in [-0.1, -0.05) is 4.85 Å². The summed E-state index contributed by atoms with van der Waals surface area (Å²) in [6.45, 7) is 0. The first-order chi connectivity index (χ1) is 6.46. The Labute approximate surface area is 75.4 Å². The Kier molecular flexibility index (Phi) is 1.21. The van der Waals surface area contributed by atoms with Gasteiger partial charge in [0.2, 0.25) is 0 Å². The van der Waals surface area contributed by atoms with Crippen LogP contribution in [0.5, 0.6) is 0 Å². The van der Waals surface area contributed by atoms with Crippen LogP contribution in [0.2, 0.25) is 0 Å². The van der Waals surface area contributed by atoms with E-state index >= 15 is 0 Å². The Morgan fingerprint density at radius 1 is 1.00 bits per heavy atom. The number of nitrogens with two attached hydrogens (primary N) is 2. The van der Waals surface area contributed by atoms with E-state index in [0.29, 0.717) is 4.73 Å². The number of fused-ring (bicyclic) bond motifs is 1. The Hall–Kier alpha value is -2.45. The van der Waals surface area contributed by atoms with Gasteiger partial charge >= 0.3 is 5.56 Å². The monoisotopic (exact) mass is 201 g/mol. The smallest absolute Gasteiger partial charge is 0.333 e. The maximum atomic E-state index is 11.2. The second-order valence-electron chi connectivity index (χ2n) is 2.69. The molecule has 0 atom stereocenters. The van der Waals surface area contributed by atoms with E-state index in [0.717, 1.165) is 0 Å². The van der Waals surface area contributed by atoms with Crippen LogP contribution in [0.15, 0.2) is 4.79 Å². The molecule has 0 radical (unpaired) electrons. The molecule has 0 amide bonds. The highest BCUT2D eigenvalue weighted by Crippen LogP contribution is 2.26. The van der Waals surface area contributed by atoms with Crippen LogP contribution in [0.1, 0.15) is 0 Å². The van der Waals surface area contributed by atoms with Crippen molar-refractivity contribution in [2.45, 2.75) is 0 Å². The molecule has 76 valence electrons. The van der Waals surface area contributed by atoms with Gasteiger partial charge in [0.1, 0.15) is 5.69 Å². The summed E-state index contributed by atoms with van der Waals surface area (Å²) in [7, 11) is 0. The lowest BCUT2D eigenvalue weighted by Crippen LogP contribution is -2.20. The molecule has 0 aliphatic heterocycles. The fourth-order valence-corrected chi connectivity index (χ4v) is 1.25. The third-order valence-electron chi connectivity index (χ3n) is 1.96. The fourth-order valence-electron chi connectivity index (χ4n) is 1.25. The molecule has 0 spiro atoms. The average Bonchev–Trinajstić information content (AvgIpc) is 2.51. The first-order valence-corrected chi connectivity index (χ1v) is 3.48. The van der Waals surface area contributed by atoms with E-state index in [9.17, 15) is 10.0 Å². The van der Waals surface area contributed by atoms with Crippen LogP contribution in [-0.2, 0) is 0 Å². The molecule has 2 heterocycles. The van der Waals surface area contributed by atoms with E-state index in [-0.39, 0.29) is 26.7 Å². The van der Waals surface area contributed by atoms with Crippen LogP contribution in [0, 0.1) is 0 Å². The number of hydrogen-bond acceptors (Lipinski definition) is 6.